The molecule has 0 radical (unpaired) electrons. The highest BCUT2D eigenvalue weighted by Crippen LogP contribution is 2.27. The lowest BCUT2D eigenvalue weighted by Gasteiger charge is -2.07. The molecule has 0 fully saturated rings. The first kappa shape index (κ1) is 13.2. The smallest absolute Gasteiger partial charge is 0.319 e. The van der Waals surface area contributed by atoms with Crippen LogP contribution in [0.2, 0.25) is 5.02 Å². The lowest BCUT2D eigenvalue weighted by Crippen LogP contribution is -2.31. The molecule has 0 atom stereocenters. The number of carbonyl (C=O) groups is 1. The van der Waals surface area contributed by atoms with Gasteiger partial charge in [-0.1, -0.05) is 11.6 Å². The molecule has 0 bridgehead atoms. The number of rotatable bonds is 4. The van der Waals surface area contributed by atoms with E-state index in [1.807, 2.05) is 0 Å². The largest absolute Gasteiger partial charge is 0.395 e. The van der Waals surface area contributed by atoms with E-state index >= 15 is 0 Å². The van der Waals surface area contributed by atoms with Crippen molar-refractivity contribution in [3.63, 3.8) is 0 Å². The second-order valence-corrected chi connectivity index (χ2v) is 3.46. The van der Waals surface area contributed by atoms with Gasteiger partial charge in [-0.15, -0.1) is 0 Å². The number of urea groups is 1. The summed E-state index contributed by atoms with van der Waals surface area (Å²) in [5, 5.41) is 24.0. The van der Waals surface area contributed by atoms with E-state index in [-0.39, 0.29) is 29.5 Å². The molecule has 1 aromatic rings. The summed E-state index contributed by atoms with van der Waals surface area (Å²) < 4.78 is 0. The number of amides is 2. The predicted octanol–water partition coefficient (Wildman–Crippen LogP) is 1.36. The Morgan fingerprint density at radius 2 is 2.24 bits per heavy atom. The van der Waals surface area contributed by atoms with Gasteiger partial charge in [0.15, 0.2) is 0 Å². The topological polar surface area (TPSA) is 104 Å². The van der Waals surface area contributed by atoms with Gasteiger partial charge < -0.3 is 15.7 Å². The molecular formula is C9H10ClN3O4. The summed E-state index contributed by atoms with van der Waals surface area (Å²) in [6.07, 6.45) is 0. The Balaban J connectivity index is 2.83. The average molecular weight is 260 g/mol. The zero-order chi connectivity index (χ0) is 12.8. The van der Waals surface area contributed by atoms with E-state index in [1.54, 1.807) is 0 Å². The molecule has 7 nitrogen and oxygen atoms in total. The normalized spacial score (nSPS) is 9.76. The van der Waals surface area contributed by atoms with Crippen molar-refractivity contribution in [2.75, 3.05) is 18.5 Å². The molecule has 1 rings (SSSR count). The van der Waals surface area contributed by atoms with Crippen LogP contribution in [0.3, 0.4) is 0 Å². The minimum Gasteiger partial charge on any atom is -0.395 e. The van der Waals surface area contributed by atoms with Crippen molar-refractivity contribution >= 4 is 29.0 Å². The molecule has 0 spiro atoms. The number of carbonyl (C=O) groups excluding carboxylic acids is 1. The molecule has 0 aromatic heterocycles. The van der Waals surface area contributed by atoms with Crippen LogP contribution in [-0.4, -0.2) is 29.2 Å². The molecule has 2 amide bonds. The summed E-state index contributed by atoms with van der Waals surface area (Å²) in [5.74, 6) is 0. The molecular weight excluding hydrogens is 250 g/mol. The second-order valence-electron chi connectivity index (χ2n) is 3.02. The Hall–Kier alpha value is -1.86. The molecule has 0 saturated heterocycles. The van der Waals surface area contributed by atoms with Gasteiger partial charge in [0.05, 0.1) is 11.5 Å². The highest BCUT2D eigenvalue weighted by molar-refractivity contribution is 6.31. The first-order chi connectivity index (χ1) is 8.04. The average Bonchev–Trinajstić information content (AvgIpc) is 2.28. The molecule has 0 aliphatic rings. The molecule has 0 heterocycles. The van der Waals surface area contributed by atoms with Gasteiger partial charge in [-0.25, -0.2) is 4.79 Å². The standard InChI is InChI=1S/C9H10ClN3O4/c10-6-1-2-7(8(5-6)13(16)17)12-9(15)11-3-4-14/h1-2,5,14H,3-4H2,(H2,11,12,15). The van der Waals surface area contributed by atoms with Gasteiger partial charge in [0, 0.05) is 17.6 Å². The van der Waals surface area contributed by atoms with E-state index in [2.05, 4.69) is 10.6 Å². The third-order valence-corrected chi connectivity index (χ3v) is 2.04. The van der Waals surface area contributed by atoms with Crippen LogP contribution in [-0.2, 0) is 0 Å². The highest BCUT2D eigenvalue weighted by atomic mass is 35.5. The molecule has 0 aliphatic carbocycles. The fourth-order valence-corrected chi connectivity index (χ4v) is 1.26. The van der Waals surface area contributed by atoms with Crippen LogP contribution in [0.5, 0.6) is 0 Å². The molecule has 17 heavy (non-hydrogen) atoms. The van der Waals surface area contributed by atoms with Gasteiger partial charge in [0.25, 0.3) is 5.69 Å². The highest BCUT2D eigenvalue weighted by Gasteiger charge is 2.15. The van der Waals surface area contributed by atoms with Crippen LogP contribution in [0.4, 0.5) is 16.2 Å². The Morgan fingerprint density at radius 3 is 2.82 bits per heavy atom. The number of nitro groups is 1. The van der Waals surface area contributed by atoms with Gasteiger partial charge in [0.1, 0.15) is 5.69 Å². The lowest BCUT2D eigenvalue weighted by atomic mass is 10.2. The van der Waals surface area contributed by atoms with Crippen molar-refractivity contribution < 1.29 is 14.8 Å². The van der Waals surface area contributed by atoms with Crippen molar-refractivity contribution in [2.45, 2.75) is 0 Å². The second kappa shape index (κ2) is 6.02. The fourth-order valence-electron chi connectivity index (χ4n) is 1.10. The molecule has 0 saturated carbocycles. The van der Waals surface area contributed by atoms with Crippen LogP contribution in [0.1, 0.15) is 0 Å². The Morgan fingerprint density at radius 1 is 1.53 bits per heavy atom. The summed E-state index contributed by atoms with van der Waals surface area (Å²) in [6, 6.07) is 3.27. The summed E-state index contributed by atoms with van der Waals surface area (Å²) in [5.41, 5.74) is -0.258. The first-order valence-electron chi connectivity index (χ1n) is 4.64. The molecule has 0 aliphatic heterocycles. The first-order valence-corrected chi connectivity index (χ1v) is 5.02. The van der Waals surface area contributed by atoms with Gasteiger partial charge in [-0.2, -0.15) is 0 Å². The number of nitrogens with zero attached hydrogens (tertiary/aromatic N) is 1. The van der Waals surface area contributed by atoms with Crippen molar-refractivity contribution in [2.24, 2.45) is 0 Å². The van der Waals surface area contributed by atoms with Crippen LogP contribution in [0.25, 0.3) is 0 Å². The minimum atomic E-state index is -0.645. The predicted molar refractivity (Wildman–Crippen MR) is 62.2 cm³/mol. The van der Waals surface area contributed by atoms with Crippen molar-refractivity contribution in [1.82, 2.24) is 5.32 Å². The van der Waals surface area contributed by atoms with Crippen LogP contribution in [0, 0.1) is 10.1 Å². The maximum Gasteiger partial charge on any atom is 0.319 e. The van der Waals surface area contributed by atoms with E-state index in [4.69, 9.17) is 16.7 Å². The number of nitro benzene ring substituents is 1. The number of aliphatic hydroxyl groups is 1. The number of hydrogen-bond acceptors (Lipinski definition) is 4. The molecule has 0 unspecified atom stereocenters. The Bertz CT molecular complexity index is 438. The third kappa shape index (κ3) is 3.89. The molecule has 1 aromatic carbocycles. The van der Waals surface area contributed by atoms with E-state index in [1.165, 1.54) is 12.1 Å². The third-order valence-electron chi connectivity index (χ3n) is 1.80. The van der Waals surface area contributed by atoms with E-state index in [0.717, 1.165) is 6.07 Å². The number of aliphatic hydroxyl groups excluding tert-OH is 1. The lowest BCUT2D eigenvalue weighted by molar-refractivity contribution is -0.383. The maximum absolute atomic E-state index is 11.2. The van der Waals surface area contributed by atoms with E-state index in [9.17, 15) is 14.9 Å². The zero-order valence-electron chi connectivity index (χ0n) is 8.64. The molecule has 8 heteroatoms. The summed E-state index contributed by atoms with van der Waals surface area (Å²) in [4.78, 5) is 21.3. The van der Waals surface area contributed by atoms with Gasteiger partial charge in [0.2, 0.25) is 0 Å². The zero-order valence-corrected chi connectivity index (χ0v) is 9.40. The monoisotopic (exact) mass is 259 g/mol. The van der Waals surface area contributed by atoms with Gasteiger partial charge >= 0.3 is 6.03 Å². The maximum atomic E-state index is 11.2. The van der Waals surface area contributed by atoms with Crippen molar-refractivity contribution in [3.05, 3.63) is 33.3 Å². The van der Waals surface area contributed by atoms with Crippen molar-refractivity contribution in [3.8, 4) is 0 Å². The number of halogens is 1. The Kier molecular flexibility index (Phi) is 4.68. The van der Waals surface area contributed by atoms with Crippen molar-refractivity contribution in [1.29, 1.82) is 0 Å². The molecule has 92 valence electrons. The minimum absolute atomic E-state index is 0.0369. The fraction of sp³-hybridized carbons (Fsp3) is 0.222. The SMILES string of the molecule is O=C(NCCO)Nc1ccc(Cl)cc1[N+](=O)[O-]. The number of benzene rings is 1. The summed E-state index contributed by atoms with van der Waals surface area (Å²) in [7, 11) is 0. The molecule has 3 N–H and O–H groups in total. The van der Waals surface area contributed by atoms with E-state index in [0.29, 0.717) is 0 Å². The van der Waals surface area contributed by atoms with E-state index < -0.39 is 11.0 Å². The van der Waals surface area contributed by atoms with Gasteiger partial charge in [-0.05, 0) is 12.1 Å². The van der Waals surface area contributed by atoms with Crippen LogP contribution in [0.15, 0.2) is 18.2 Å². The van der Waals surface area contributed by atoms with Gasteiger partial charge in [-0.3, -0.25) is 10.1 Å². The summed E-state index contributed by atoms with van der Waals surface area (Å²) in [6.45, 7) is -0.149. The van der Waals surface area contributed by atoms with Crippen LogP contribution >= 0.6 is 11.6 Å². The number of hydrogen-bond donors (Lipinski definition) is 3. The summed E-state index contributed by atoms with van der Waals surface area (Å²) >= 11 is 5.62. The Labute approximate surface area is 102 Å². The quantitative estimate of drug-likeness (QED) is 0.561. The number of nitrogens with one attached hydrogen (secondary N) is 2. The number of anilines is 1. The van der Waals surface area contributed by atoms with Crippen LogP contribution < -0.4 is 10.6 Å².